The molecular weight excluding hydrogens is 458 g/mol. The number of carbonyl (C=O) groups excluding carboxylic acids is 2. The Kier molecular flexibility index (Phi) is 6.68. The van der Waals surface area contributed by atoms with Crippen molar-refractivity contribution in [3.8, 4) is 0 Å². The molecular formula is C21H22ClN3O4S2. The quantitative estimate of drug-likeness (QED) is 0.477. The zero-order valence-electron chi connectivity index (χ0n) is 17.5. The molecule has 31 heavy (non-hydrogen) atoms. The van der Waals surface area contributed by atoms with Crippen LogP contribution in [0.25, 0.3) is 0 Å². The third kappa shape index (κ3) is 4.30. The average Bonchev–Trinajstić information content (AvgIpc) is 3.35. The molecule has 0 spiro atoms. The zero-order valence-corrected chi connectivity index (χ0v) is 19.9. The first-order chi connectivity index (χ1) is 14.6. The monoisotopic (exact) mass is 479 g/mol. The van der Waals surface area contributed by atoms with E-state index in [4.69, 9.17) is 11.6 Å². The number of rotatable bonds is 7. The Labute approximate surface area is 190 Å². The van der Waals surface area contributed by atoms with E-state index in [1.54, 1.807) is 44.2 Å². The van der Waals surface area contributed by atoms with Crippen LogP contribution in [0.3, 0.4) is 0 Å². The van der Waals surface area contributed by atoms with E-state index >= 15 is 0 Å². The molecule has 0 fully saturated rings. The van der Waals surface area contributed by atoms with E-state index in [1.807, 2.05) is 11.4 Å². The van der Waals surface area contributed by atoms with Crippen LogP contribution in [0.15, 0.2) is 46.7 Å². The Bertz CT molecular complexity index is 1220. The first-order valence-corrected chi connectivity index (χ1v) is 12.2. The standard InChI is InChI=1S/C21H22ClN3O4S2/c1-5-25(31(28,29)19-14(3)23-24(4)20(19)22)21(27)13(2)15-8-10-16(11-9-15)18(26)17-7-6-12-30-17/h6-13H,5H2,1-4H3. The summed E-state index contributed by atoms with van der Waals surface area (Å²) in [6.45, 7) is 4.70. The second kappa shape index (κ2) is 8.94. The summed E-state index contributed by atoms with van der Waals surface area (Å²) in [6, 6.07) is 10.2. The first-order valence-electron chi connectivity index (χ1n) is 9.53. The minimum absolute atomic E-state index is 0.0483. The molecule has 3 rings (SSSR count). The molecule has 7 nitrogen and oxygen atoms in total. The summed E-state index contributed by atoms with van der Waals surface area (Å²) in [5.41, 5.74) is 1.34. The SMILES string of the molecule is CCN(C(=O)C(C)c1ccc(C(=O)c2cccs2)cc1)S(=O)(=O)c1c(C)nn(C)c1Cl. The summed E-state index contributed by atoms with van der Waals surface area (Å²) in [6.07, 6.45) is 0. The Hall–Kier alpha value is -2.49. The highest BCUT2D eigenvalue weighted by Gasteiger charge is 2.36. The predicted octanol–water partition coefficient (Wildman–Crippen LogP) is 4.02. The number of carbonyl (C=O) groups is 2. The van der Waals surface area contributed by atoms with Gasteiger partial charge in [0, 0.05) is 19.2 Å². The van der Waals surface area contributed by atoms with Gasteiger partial charge in [-0.2, -0.15) is 5.10 Å². The van der Waals surface area contributed by atoms with Crippen molar-refractivity contribution in [3.05, 3.63) is 68.6 Å². The molecule has 0 radical (unpaired) electrons. The molecule has 0 N–H and O–H groups in total. The van der Waals surface area contributed by atoms with Crippen molar-refractivity contribution in [2.75, 3.05) is 6.54 Å². The highest BCUT2D eigenvalue weighted by atomic mass is 35.5. The van der Waals surface area contributed by atoms with Crippen molar-refractivity contribution in [1.82, 2.24) is 14.1 Å². The first kappa shape index (κ1) is 23.2. The number of nitrogens with zero attached hydrogens (tertiary/aromatic N) is 3. The summed E-state index contributed by atoms with van der Waals surface area (Å²) in [7, 11) is -2.64. The molecule has 0 aliphatic rings. The van der Waals surface area contributed by atoms with Crippen LogP contribution in [0.2, 0.25) is 5.15 Å². The minimum Gasteiger partial charge on any atom is -0.288 e. The number of amides is 1. The lowest BCUT2D eigenvalue weighted by molar-refractivity contribution is -0.127. The summed E-state index contributed by atoms with van der Waals surface area (Å²) in [5, 5.41) is 5.82. The van der Waals surface area contributed by atoms with Crippen LogP contribution in [-0.4, -0.2) is 40.7 Å². The smallest absolute Gasteiger partial charge is 0.271 e. The molecule has 1 aromatic carbocycles. The van der Waals surface area contributed by atoms with Crippen molar-refractivity contribution >= 4 is 44.7 Å². The van der Waals surface area contributed by atoms with E-state index in [2.05, 4.69) is 5.10 Å². The van der Waals surface area contributed by atoms with E-state index in [1.165, 1.54) is 30.0 Å². The van der Waals surface area contributed by atoms with Gasteiger partial charge in [-0.05, 0) is 37.8 Å². The lowest BCUT2D eigenvalue weighted by Gasteiger charge is -2.24. The molecule has 3 aromatic rings. The van der Waals surface area contributed by atoms with Crippen LogP contribution >= 0.6 is 22.9 Å². The maximum atomic E-state index is 13.2. The molecule has 10 heteroatoms. The highest BCUT2D eigenvalue weighted by Crippen LogP contribution is 2.30. The van der Waals surface area contributed by atoms with Crippen LogP contribution in [0, 0.1) is 6.92 Å². The van der Waals surface area contributed by atoms with E-state index in [0.717, 1.165) is 4.31 Å². The molecule has 0 aliphatic heterocycles. The van der Waals surface area contributed by atoms with E-state index < -0.39 is 21.8 Å². The fourth-order valence-corrected chi connectivity index (χ4v) is 6.16. The molecule has 0 bridgehead atoms. The topological polar surface area (TPSA) is 89.3 Å². The minimum atomic E-state index is -4.18. The molecule has 164 valence electrons. The third-order valence-electron chi connectivity index (χ3n) is 4.97. The zero-order chi connectivity index (χ0) is 22.9. The molecule has 0 saturated carbocycles. The second-order valence-electron chi connectivity index (χ2n) is 6.99. The number of benzene rings is 1. The van der Waals surface area contributed by atoms with Gasteiger partial charge in [-0.15, -0.1) is 11.3 Å². The van der Waals surface area contributed by atoms with Gasteiger partial charge in [-0.1, -0.05) is 41.9 Å². The maximum Gasteiger partial charge on any atom is 0.271 e. The number of sulfonamides is 1. The van der Waals surface area contributed by atoms with Gasteiger partial charge in [0.05, 0.1) is 16.5 Å². The summed E-state index contributed by atoms with van der Waals surface area (Å²) in [4.78, 5) is 26.1. The van der Waals surface area contributed by atoms with Gasteiger partial charge in [0.25, 0.3) is 10.0 Å². The molecule has 1 atom stereocenters. The number of aryl methyl sites for hydroxylation is 2. The van der Waals surface area contributed by atoms with Crippen LogP contribution < -0.4 is 0 Å². The van der Waals surface area contributed by atoms with Gasteiger partial charge in [-0.3, -0.25) is 14.3 Å². The third-order valence-corrected chi connectivity index (χ3v) is 8.41. The van der Waals surface area contributed by atoms with Crippen molar-refractivity contribution < 1.29 is 18.0 Å². The van der Waals surface area contributed by atoms with Gasteiger partial charge in [0.15, 0.2) is 0 Å². The molecule has 0 aliphatic carbocycles. The van der Waals surface area contributed by atoms with Crippen LogP contribution in [0.5, 0.6) is 0 Å². The number of hydrogen-bond donors (Lipinski definition) is 0. The number of halogens is 1. The van der Waals surface area contributed by atoms with Gasteiger partial charge in [-0.25, -0.2) is 12.7 Å². The summed E-state index contributed by atoms with van der Waals surface area (Å²) in [5.74, 6) is -1.42. The van der Waals surface area contributed by atoms with Crippen molar-refractivity contribution in [1.29, 1.82) is 0 Å². The van der Waals surface area contributed by atoms with E-state index in [-0.39, 0.29) is 28.1 Å². The van der Waals surface area contributed by atoms with Crippen LogP contribution in [0.1, 0.15) is 46.3 Å². The number of aromatic nitrogens is 2. The Morgan fingerprint density at radius 1 is 1.23 bits per heavy atom. The van der Waals surface area contributed by atoms with Gasteiger partial charge >= 0.3 is 0 Å². The Morgan fingerprint density at radius 3 is 2.35 bits per heavy atom. The normalized spacial score (nSPS) is 12.5. The molecule has 1 unspecified atom stereocenters. The molecule has 2 heterocycles. The lowest BCUT2D eigenvalue weighted by atomic mass is 9.98. The average molecular weight is 480 g/mol. The lowest BCUT2D eigenvalue weighted by Crippen LogP contribution is -2.39. The largest absolute Gasteiger partial charge is 0.288 e. The summed E-state index contributed by atoms with van der Waals surface area (Å²) >= 11 is 7.50. The number of thiophene rings is 1. The van der Waals surface area contributed by atoms with E-state index in [9.17, 15) is 18.0 Å². The van der Waals surface area contributed by atoms with Crippen molar-refractivity contribution in [2.24, 2.45) is 7.05 Å². The Morgan fingerprint density at radius 2 is 1.87 bits per heavy atom. The molecule has 1 amide bonds. The van der Waals surface area contributed by atoms with Crippen LogP contribution in [-0.2, 0) is 21.9 Å². The van der Waals surface area contributed by atoms with Crippen molar-refractivity contribution in [2.45, 2.75) is 31.6 Å². The summed E-state index contributed by atoms with van der Waals surface area (Å²) < 4.78 is 28.5. The maximum absolute atomic E-state index is 13.2. The predicted molar refractivity (Wildman–Crippen MR) is 120 cm³/mol. The van der Waals surface area contributed by atoms with Gasteiger partial charge < -0.3 is 0 Å². The van der Waals surface area contributed by atoms with Gasteiger partial charge in [0.2, 0.25) is 11.7 Å². The van der Waals surface area contributed by atoms with Crippen LogP contribution in [0.4, 0.5) is 0 Å². The Balaban J connectivity index is 1.87. The molecule has 2 aromatic heterocycles. The fraction of sp³-hybridized carbons (Fsp3) is 0.286. The number of ketones is 1. The number of likely N-dealkylation sites (N-methyl/N-ethyl adjacent to an activating group) is 1. The molecule has 0 saturated heterocycles. The fourth-order valence-electron chi connectivity index (χ4n) is 3.29. The highest BCUT2D eigenvalue weighted by molar-refractivity contribution is 7.89. The number of hydrogen-bond acceptors (Lipinski definition) is 6. The van der Waals surface area contributed by atoms with Gasteiger partial charge in [0.1, 0.15) is 10.0 Å². The van der Waals surface area contributed by atoms with Crippen molar-refractivity contribution in [3.63, 3.8) is 0 Å². The van der Waals surface area contributed by atoms with E-state index in [0.29, 0.717) is 16.0 Å². The second-order valence-corrected chi connectivity index (χ2v) is 10.1.